The van der Waals surface area contributed by atoms with Crippen molar-refractivity contribution in [1.82, 2.24) is 0 Å². The largest absolute Gasteiger partial charge is 0.310 e. The molecule has 2 heteroatoms. The molecule has 2 aliphatic heterocycles. The molecule has 0 atom stereocenters. The van der Waals surface area contributed by atoms with Crippen LogP contribution in [0.15, 0.2) is 267 Å². The molecule has 84 heavy (non-hydrogen) atoms. The Balaban J connectivity index is 0.972. The minimum atomic E-state index is 0.0760. The van der Waals surface area contributed by atoms with E-state index in [0.717, 1.165) is 25.7 Å². The Morgan fingerprint density at radius 1 is 0.226 bits per heavy atom. The molecule has 13 aromatic rings. The molecule has 21 rings (SSSR count). The molecule has 6 aliphatic carbocycles. The van der Waals surface area contributed by atoms with Gasteiger partial charge in [-0.05, 0) is 207 Å². The number of hydrogen-bond donors (Lipinski definition) is 0. The Morgan fingerprint density at radius 2 is 0.500 bits per heavy atom. The monoisotopic (exact) mass is 1070 g/mol. The van der Waals surface area contributed by atoms with Crippen molar-refractivity contribution in [2.24, 2.45) is 0 Å². The number of nitrogens with zero attached hydrogens (tertiary/aromatic N) is 2. The van der Waals surface area contributed by atoms with Gasteiger partial charge in [-0.25, -0.2) is 0 Å². The summed E-state index contributed by atoms with van der Waals surface area (Å²) >= 11 is 0. The summed E-state index contributed by atoms with van der Waals surface area (Å²) in [5.41, 5.74) is 35.2. The molecular weight excluding hydrogens is 1010 g/mol. The van der Waals surface area contributed by atoms with Gasteiger partial charge in [-0.3, -0.25) is 0 Å². The number of anilines is 6. The molecule has 0 saturated heterocycles. The molecule has 4 bridgehead atoms. The maximum absolute atomic E-state index is 2.59. The van der Waals surface area contributed by atoms with Gasteiger partial charge in [-0.1, -0.05) is 218 Å². The van der Waals surface area contributed by atoms with E-state index in [0.29, 0.717) is 0 Å². The minimum Gasteiger partial charge on any atom is -0.310 e. The van der Waals surface area contributed by atoms with Crippen molar-refractivity contribution < 1.29 is 0 Å². The molecule has 2 nitrogen and oxygen atoms in total. The van der Waals surface area contributed by atoms with Gasteiger partial charge in [0.25, 0.3) is 0 Å². The van der Waals surface area contributed by atoms with Crippen LogP contribution >= 0.6 is 0 Å². The van der Waals surface area contributed by atoms with Crippen LogP contribution in [0.1, 0.15) is 113 Å². The first kappa shape index (κ1) is 46.6. The smallest absolute Gasteiger partial charge is 0.0493 e. The van der Waals surface area contributed by atoms with Crippen molar-refractivity contribution in [3.8, 4) is 22.3 Å². The lowest BCUT2D eigenvalue weighted by molar-refractivity contribution is 0.756. The summed E-state index contributed by atoms with van der Waals surface area (Å²) in [6.45, 7) is 0. The second kappa shape index (κ2) is 17.7. The van der Waals surface area contributed by atoms with Crippen LogP contribution in [0.3, 0.4) is 0 Å². The summed E-state index contributed by atoms with van der Waals surface area (Å²) < 4.78 is 0. The van der Waals surface area contributed by atoms with Crippen LogP contribution in [-0.2, 0) is 25.7 Å². The number of para-hydroxylation sites is 4. The average molecular weight is 1070 g/mol. The molecule has 2 heterocycles. The predicted octanol–water partition coefficient (Wildman–Crippen LogP) is 20.4. The van der Waals surface area contributed by atoms with Gasteiger partial charge in [0.1, 0.15) is 0 Å². The lowest BCUT2D eigenvalue weighted by Gasteiger charge is -2.43. The van der Waals surface area contributed by atoms with Crippen molar-refractivity contribution >= 4 is 55.7 Å². The number of benzene rings is 13. The van der Waals surface area contributed by atoms with E-state index in [1.807, 2.05) is 0 Å². The van der Waals surface area contributed by atoms with Gasteiger partial charge in [0.05, 0.1) is 0 Å². The van der Waals surface area contributed by atoms with Gasteiger partial charge in [0.2, 0.25) is 0 Å². The first-order valence-corrected chi connectivity index (χ1v) is 30.3. The van der Waals surface area contributed by atoms with E-state index in [9.17, 15) is 0 Å². The van der Waals surface area contributed by atoms with Crippen molar-refractivity contribution in [3.63, 3.8) is 0 Å². The Hall–Kier alpha value is -10.0. The fourth-order valence-corrected chi connectivity index (χ4v) is 17.0. The third kappa shape index (κ3) is 6.40. The summed E-state index contributed by atoms with van der Waals surface area (Å²) in [6, 6.07) is 104. The normalized spacial score (nSPS) is 17.8. The maximum atomic E-state index is 2.59. The summed E-state index contributed by atoms with van der Waals surface area (Å²) in [5, 5.41) is 5.07. The third-order valence-corrected chi connectivity index (χ3v) is 20.3. The van der Waals surface area contributed by atoms with Gasteiger partial charge in [-0.2, -0.15) is 0 Å². The van der Waals surface area contributed by atoms with E-state index in [1.165, 1.54) is 167 Å². The van der Waals surface area contributed by atoms with Crippen molar-refractivity contribution in [3.05, 3.63) is 356 Å². The molecule has 0 amide bonds. The number of fused-ring (bicyclic) bond motifs is 6. The van der Waals surface area contributed by atoms with E-state index in [4.69, 9.17) is 0 Å². The highest BCUT2D eigenvalue weighted by atomic mass is 15.2. The van der Waals surface area contributed by atoms with Crippen LogP contribution < -0.4 is 9.80 Å². The van der Waals surface area contributed by atoms with Gasteiger partial charge in [-0.15, -0.1) is 0 Å². The number of aryl methyl sites for hydroxylation is 4. The molecule has 8 aliphatic rings. The minimum absolute atomic E-state index is 0.0760. The molecule has 0 spiro atoms. The number of rotatable bonds is 4. The Morgan fingerprint density at radius 3 is 0.821 bits per heavy atom. The molecule has 13 aromatic carbocycles. The van der Waals surface area contributed by atoms with Crippen LogP contribution in [0.5, 0.6) is 0 Å². The lowest BCUT2D eigenvalue weighted by Crippen LogP contribution is -2.28. The molecule has 0 N–H and O–H groups in total. The fourth-order valence-electron chi connectivity index (χ4n) is 17.0. The topological polar surface area (TPSA) is 6.48 Å². The van der Waals surface area contributed by atoms with E-state index < -0.39 is 0 Å². The third-order valence-electron chi connectivity index (χ3n) is 20.3. The quantitative estimate of drug-likeness (QED) is 0.162. The Kier molecular flexibility index (Phi) is 9.84. The predicted molar refractivity (Wildman–Crippen MR) is 346 cm³/mol. The van der Waals surface area contributed by atoms with Crippen molar-refractivity contribution in [2.75, 3.05) is 9.80 Å². The first-order chi connectivity index (χ1) is 41.7. The van der Waals surface area contributed by atoms with Gasteiger partial charge in [0.15, 0.2) is 0 Å². The van der Waals surface area contributed by atoms with E-state index in [1.54, 1.807) is 0 Å². The summed E-state index contributed by atoms with van der Waals surface area (Å²) in [6.07, 6.45) is 3.95. The van der Waals surface area contributed by atoms with Crippen LogP contribution in [-0.4, -0.2) is 0 Å². The Labute approximate surface area is 490 Å². The van der Waals surface area contributed by atoms with Gasteiger partial charge >= 0.3 is 0 Å². The summed E-state index contributed by atoms with van der Waals surface area (Å²) in [5.74, 6) is 0.433. The fraction of sp³-hybridized carbons (Fsp3) is 0.0976. The highest BCUT2D eigenvalue weighted by molar-refractivity contribution is 6.23. The second-order valence-electron chi connectivity index (χ2n) is 24.3. The highest BCUT2D eigenvalue weighted by Gasteiger charge is 2.45. The summed E-state index contributed by atoms with van der Waals surface area (Å²) in [4.78, 5) is 5.16. The SMILES string of the molecule is c1ccc2c(c1)CCc1ccccc1N2c1ccc2c(-c3cccc4c3C3c5ccccc5C4c4ccccc43)c3cc(N4c5ccccc5CCc5ccccc54)ccc3c(-c3cccc4c3C3c5ccccc5C4c4ccccc43)c2c1. The van der Waals surface area contributed by atoms with E-state index in [-0.39, 0.29) is 23.7 Å². The lowest BCUT2D eigenvalue weighted by atomic mass is 9.59. The maximum Gasteiger partial charge on any atom is 0.0493 e. The molecule has 0 aromatic heterocycles. The molecule has 0 unspecified atom stereocenters. The van der Waals surface area contributed by atoms with Crippen LogP contribution in [0, 0.1) is 0 Å². The molecule has 0 saturated carbocycles. The zero-order valence-corrected chi connectivity index (χ0v) is 46.4. The Bertz CT molecular complexity index is 4480. The van der Waals surface area contributed by atoms with Crippen molar-refractivity contribution in [2.45, 2.75) is 49.4 Å². The zero-order chi connectivity index (χ0) is 54.7. The molecule has 394 valence electrons. The zero-order valence-electron chi connectivity index (χ0n) is 46.4. The molecule has 0 radical (unpaired) electrons. The standard InChI is InChI=1S/C82H56N2/c1-13-35-71-49(19-1)39-40-50-20-2-14-36-72(50)83(71)53-43-45-63-69(47-53)77(67-33-17-31-65-75-55-23-5-9-27-59(55)79(81(65)67)60-28-10-6-24-56(60)75)64-46-44-54(84-73-37-15-3-21-51(73)41-42-52-22-4-16-38-74(52)84)48-70(64)78(63)68-34-18-32-66-76-57-25-7-11-29-61(57)80(82(66)68)62-30-12-8-26-58(62)76/h1-38,43-48,75-76,79-80H,39-42H2. The molecular formula is C82H56N2. The molecule has 0 fully saturated rings. The number of hydrogen-bond acceptors (Lipinski definition) is 2. The van der Waals surface area contributed by atoms with E-state index >= 15 is 0 Å². The van der Waals surface area contributed by atoms with E-state index in [2.05, 4.69) is 277 Å². The first-order valence-electron chi connectivity index (χ1n) is 30.3. The van der Waals surface area contributed by atoms with Gasteiger partial charge < -0.3 is 9.80 Å². The summed E-state index contributed by atoms with van der Waals surface area (Å²) in [7, 11) is 0. The van der Waals surface area contributed by atoms with Crippen LogP contribution in [0.2, 0.25) is 0 Å². The average Bonchev–Trinajstić information content (AvgIpc) is 1.07. The van der Waals surface area contributed by atoms with Crippen LogP contribution in [0.4, 0.5) is 34.1 Å². The van der Waals surface area contributed by atoms with Gasteiger partial charge in [0, 0.05) is 57.8 Å². The van der Waals surface area contributed by atoms with Crippen molar-refractivity contribution in [1.29, 1.82) is 0 Å². The van der Waals surface area contributed by atoms with Crippen LogP contribution in [0.25, 0.3) is 43.8 Å². The highest BCUT2D eigenvalue weighted by Crippen LogP contribution is 2.62. The second-order valence-corrected chi connectivity index (χ2v) is 24.3.